The highest BCUT2D eigenvalue weighted by molar-refractivity contribution is 5.85. The number of carbonyl (C=O) groups is 3. The van der Waals surface area contributed by atoms with Crippen LogP contribution in [0, 0.1) is 0 Å². The smallest absolute Gasteiger partial charge is 0.318 e. The first-order valence-corrected chi connectivity index (χ1v) is 6.50. The molecule has 1 aliphatic rings. The van der Waals surface area contributed by atoms with Gasteiger partial charge in [-0.25, -0.2) is 4.79 Å². The number of nitrogens with zero attached hydrogens (tertiary/aromatic N) is 1. The Hall–Kier alpha value is -1.79. The third-order valence-electron chi connectivity index (χ3n) is 3.35. The number of rotatable bonds is 5. The highest BCUT2D eigenvalue weighted by Gasteiger charge is 2.28. The molecule has 108 valence electrons. The van der Waals surface area contributed by atoms with E-state index in [-0.39, 0.29) is 18.5 Å². The minimum Gasteiger partial charge on any atom is -0.481 e. The number of carboxylic acid groups (broad SMARTS) is 1. The average Bonchev–Trinajstić information content (AvgIpc) is 2.36. The lowest BCUT2D eigenvalue weighted by molar-refractivity contribution is -0.137. The summed E-state index contributed by atoms with van der Waals surface area (Å²) < 4.78 is 0. The first-order chi connectivity index (χ1) is 8.91. The summed E-state index contributed by atoms with van der Waals surface area (Å²) in [4.78, 5) is 35.2. The van der Waals surface area contributed by atoms with Crippen LogP contribution in [0.3, 0.4) is 0 Å². The van der Waals surface area contributed by atoms with E-state index in [1.807, 2.05) is 0 Å². The molecule has 0 bridgehead atoms. The summed E-state index contributed by atoms with van der Waals surface area (Å²) >= 11 is 0. The van der Waals surface area contributed by atoms with E-state index in [0.29, 0.717) is 13.0 Å². The number of hydrogen-bond acceptors (Lipinski definition) is 3. The molecule has 3 amide bonds. The van der Waals surface area contributed by atoms with Gasteiger partial charge in [-0.15, -0.1) is 0 Å². The predicted molar refractivity (Wildman–Crippen MR) is 68.4 cm³/mol. The van der Waals surface area contributed by atoms with E-state index < -0.39 is 17.9 Å². The minimum absolute atomic E-state index is 0.0415. The van der Waals surface area contributed by atoms with Gasteiger partial charge in [0, 0.05) is 19.0 Å². The summed E-state index contributed by atoms with van der Waals surface area (Å²) in [5.74, 6) is -1.45. The Morgan fingerprint density at radius 3 is 2.68 bits per heavy atom. The number of nitrogens with two attached hydrogens (primary N) is 1. The lowest BCUT2D eigenvalue weighted by Gasteiger charge is -2.36. The molecule has 7 nitrogen and oxygen atoms in total. The number of amides is 3. The first-order valence-electron chi connectivity index (χ1n) is 6.50. The highest BCUT2D eigenvalue weighted by Crippen LogP contribution is 2.21. The molecule has 1 heterocycles. The van der Waals surface area contributed by atoms with Crippen molar-refractivity contribution in [3.8, 4) is 0 Å². The van der Waals surface area contributed by atoms with Gasteiger partial charge in [0.05, 0.1) is 0 Å². The second-order valence-electron chi connectivity index (χ2n) is 4.85. The lowest BCUT2D eigenvalue weighted by Crippen LogP contribution is -2.53. The molecule has 2 atom stereocenters. The molecule has 1 saturated heterocycles. The van der Waals surface area contributed by atoms with Crippen molar-refractivity contribution in [1.82, 2.24) is 10.2 Å². The Bertz CT molecular complexity index is 359. The third kappa shape index (κ3) is 4.76. The zero-order valence-corrected chi connectivity index (χ0v) is 11.1. The Balaban J connectivity index is 2.57. The summed E-state index contributed by atoms with van der Waals surface area (Å²) in [5.41, 5.74) is 5.10. The van der Waals surface area contributed by atoms with Gasteiger partial charge in [-0.05, 0) is 32.6 Å². The van der Waals surface area contributed by atoms with Crippen LogP contribution in [-0.4, -0.2) is 46.5 Å². The fraction of sp³-hybridized carbons (Fsp3) is 0.750. The van der Waals surface area contributed by atoms with Crippen LogP contribution < -0.4 is 11.1 Å². The van der Waals surface area contributed by atoms with Gasteiger partial charge >= 0.3 is 12.0 Å². The quantitative estimate of drug-likeness (QED) is 0.667. The van der Waals surface area contributed by atoms with Crippen LogP contribution >= 0.6 is 0 Å². The van der Waals surface area contributed by atoms with Gasteiger partial charge in [-0.3, -0.25) is 9.59 Å². The van der Waals surface area contributed by atoms with E-state index in [9.17, 15) is 14.4 Å². The minimum atomic E-state index is -0.864. The van der Waals surface area contributed by atoms with E-state index >= 15 is 0 Å². The first kappa shape index (κ1) is 15.3. The van der Waals surface area contributed by atoms with Crippen molar-refractivity contribution in [1.29, 1.82) is 0 Å². The van der Waals surface area contributed by atoms with Crippen LogP contribution in [0.2, 0.25) is 0 Å². The highest BCUT2D eigenvalue weighted by atomic mass is 16.4. The zero-order chi connectivity index (χ0) is 14.4. The number of urea groups is 1. The Morgan fingerprint density at radius 1 is 1.42 bits per heavy atom. The molecule has 0 aliphatic carbocycles. The molecule has 0 aromatic heterocycles. The van der Waals surface area contributed by atoms with Gasteiger partial charge in [-0.2, -0.15) is 0 Å². The van der Waals surface area contributed by atoms with Gasteiger partial charge in [-0.1, -0.05) is 0 Å². The summed E-state index contributed by atoms with van der Waals surface area (Å²) in [6.07, 6.45) is 3.15. The molecule has 0 aromatic rings. The molecule has 0 spiro atoms. The summed E-state index contributed by atoms with van der Waals surface area (Å²) in [5, 5.41) is 11.2. The van der Waals surface area contributed by atoms with Gasteiger partial charge in [0.1, 0.15) is 6.04 Å². The zero-order valence-electron chi connectivity index (χ0n) is 11.1. The number of nitrogens with one attached hydrogen (secondary N) is 1. The van der Waals surface area contributed by atoms with Crippen LogP contribution in [0.25, 0.3) is 0 Å². The molecule has 1 rings (SSSR count). The van der Waals surface area contributed by atoms with Gasteiger partial charge in [0.15, 0.2) is 0 Å². The van der Waals surface area contributed by atoms with Crippen LogP contribution in [0.1, 0.15) is 39.0 Å². The van der Waals surface area contributed by atoms with Crippen LogP contribution in [0.5, 0.6) is 0 Å². The molecule has 0 aromatic carbocycles. The van der Waals surface area contributed by atoms with E-state index in [4.69, 9.17) is 10.8 Å². The summed E-state index contributed by atoms with van der Waals surface area (Å²) in [6, 6.07) is -1.15. The maximum Gasteiger partial charge on any atom is 0.318 e. The van der Waals surface area contributed by atoms with E-state index in [1.165, 1.54) is 6.92 Å². The third-order valence-corrected chi connectivity index (χ3v) is 3.35. The van der Waals surface area contributed by atoms with Gasteiger partial charge < -0.3 is 21.1 Å². The van der Waals surface area contributed by atoms with Crippen LogP contribution in [-0.2, 0) is 9.59 Å². The second kappa shape index (κ2) is 6.96. The molecule has 0 radical (unpaired) electrons. The molecule has 1 fully saturated rings. The molecule has 4 N–H and O–H groups in total. The molecule has 7 heteroatoms. The van der Waals surface area contributed by atoms with Crippen molar-refractivity contribution < 1.29 is 19.5 Å². The second-order valence-corrected chi connectivity index (χ2v) is 4.85. The summed E-state index contributed by atoms with van der Waals surface area (Å²) in [7, 11) is 0. The van der Waals surface area contributed by atoms with Gasteiger partial charge in [0.2, 0.25) is 5.91 Å². The standard InChI is InChI=1S/C12H21N3O4/c1-8(11(13)18)14-12(19)15-7-3-2-4-9(15)5-6-10(16)17/h8-9H,2-7H2,1H3,(H2,13,18)(H,14,19)(H,16,17). The lowest BCUT2D eigenvalue weighted by atomic mass is 9.98. The number of likely N-dealkylation sites (tertiary alicyclic amines) is 1. The van der Waals surface area contributed by atoms with Crippen molar-refractivity contribution in [2.24, 2.45) is 5.73 Å². The fourth-order valence-electron chi connectivity index (χ4n) is 2.20. The number of primary amides is 1. The van der Waals surface area contributed by atoms with E-state index in [2.05, 4.69) is 5.32 Å². The van der Waals surface area contributed by atoms with Crippen LogP contribution in [0.15, 0.2) is 0 Å². The molecular formula is C12H21N3O4. The molecule has 1 aliphatic heterocycles. The van der Waals surface area contributed by atoms with E-state index in [1.54, 1.807) is 4.90 Å². The van der Waals surface area contributed by atoms with Crippen molar-refractivity contribution in [2.45, 2.75) is 51.1 Å². The fourth-order valence-corrected chi connectivity index (χ4v) is 2.20. The maximum atomic E-state index is 12.0. The number of carbonyl (C=O) groups excluding carboxylic acids is 2. The number of carboxylic acids is 1. The predicted octanol–water partition coefficient (Wildman–Crippen LogP) is 0.289. The van der Waals surface area contributed by atoms with Crippen molar-refractivity contribution in [2.75, 3.05) is 6.54 Å². The SMILES string of the molecule is CC(NC(=O)N1CCCCC1CCC(=O)O)C(N)=O. The summed E-state index contributed by atoms with van der Waals surface area (Å²) in [6.45, 7) is 2.11. The largest absolute Gasteiger partial charge is 0.481 e. The van der Waals surface area contributed by atoms with Crippen molar-refractivity contribution in [3.05, 3.63) is 0 Å². The van der Waals surface area contributed by atoms with Crippen LogP contribution in [0.4, 0.5) is 4.79 Å². The normalized spacial score (nSPS) is 20.7. The molecule has 19 heavy (non-hydrogen) atoms. The topological polar surface area (TPSA) is 113 Å². The van der Waals surface area contributed by atoms with Crippen molar-refractivity contribution >= 4 is 17.9 Å². The monoisotopic (exact) mass is 271 g/mol. The maximum absolute atomic E-state index is 12.0. The van der Waals surface area contributed by atoms with E-state index in [0.717, 1.165) is 19.3 Å². The average molecular weight is 271 g/mol. The number of piperidine rings is 1. The molecule has 2 unspecified atom stereocenters. The molecular weight excluding hydrogens is 250 g/mol. The number of hydrogen-bond donors (Lipinski definition) is 3. The Morgan fingerprint density at radius 2 is 2.11 bits per heavy atom. The Labute approximate surface area is 112 Å². The molecule has 0 saturated carbocycles. The Kier molecular flexibility index (Phi) is 5.59. The van der Waals surface area contributed by atoms with Crippen molar-refractivity contribution in [3.63, 3.8) is 0 Å². The number of aliphatic carboxylic acids is 1. The van der Waals surface area contributed by atoms with Gasteiger partial charge in [0.25, 0.3) is 0 Å².